The average Bonchev–Trinajstić information content (AvgIpc) is 3.80. The largest absolute Gasteiger partial charge is 0.497 e. The molecule has 0 bridgehead atoms. The zero-order valence-corrected chi connectivity index (χ0v) is 41.0. The van der Waals surface area contributed by atoms with E-state index in [0.29, 0.717) is 43.4 Å². The summed E-state index contributed by atoms with van der Waals surface area (Å²) in [5.74, 6) is -7.12. The van der Waals surface area contributed by atoms with Crippen LogP contribution >= 0.6 is 21.6 Å². The third-order valence-electron chi connectivity index (χ3n) is 12.7. The summed E-state index contributed by atoms with van der Waals surface area (Å²) in [5.41, 5.74) is 17.4. The molecule has 0 unspecified atom stereocenters. The summed E-state index contributed by atoms with van der Waals surface area (Å²) in [6, 6.07) is -2.33. The van der Waals surface area contributed by atoms with Gasteiger partial charge >= 0.3 is 0 Å². The topological polar surface area (TPSA) is 337 Å². The summed E-state index contributed by atoms with van der Waals surface area (Å²) in [6.45, 7) is 5.10. The van der Waals surface area contributed by atoms with E-state index in [1.165, 1.54) is 40.5 Å². The predicted octanol–water partition coefficient (Wildman–Crippen LogP) is -0.848. The summed E-state index contributed by atoms with van der Waals surface area (Å²) in [7, 11) is 4.12. The molecule has 1 aliphatic carbocycles. The first kappa shape index (κ1) is 55.5. The molecule has 21 nitrogen and oxygen atoms in total. The van der Waals surface area contributed by atoms with Crippen molar-refractivity contribution in [2.45, 2.75) is 157 Å². The van der Waals surface area contributed by atoms with Gasteiger partial charge in [0.25, 0.3) is 0 Å². The predicted molar refractivity (Wildman–Crippen MR) is 256 cm³/mol. The highest BCUT2D eigenvalue weighted by molar-refractivity contribution is 8.77. The Bertz CT molecular complexity index is 1950. The second-order valence-corrected chi connectivity index (χ2v) is 20.7. The summed E-state index contributed by atoms with van der Waals surface area (Å²) in [4.78, 5) is 125. The van der Waals surface area contributed by atoms with Crippen molar-refractivity contribution in [3.63, 3.8) is 0 Å². The molecule has 3 aliphatic rings. The number of aliphatic hydroxyl groups is 1. The van der Waals surface area contributed by atoms with E-state index in [1.54, 1.807) is 38.1 Å². The highest BCUT2D eigenvalue weighted by Crippen LogP contribution is 2.48. The number of carbonyl (C=O) groups is 9. The van der Waals surface area contributed by atoms with E-state index in [4.69, 9.17) is 21.9 Å². The van der Waals surface area contributed by atoms with Crippen molar-refractivity contribution in [2.75, 3.05) is 26.0 Å². The van der Waals surface area contributed by atoms with Crippen LogP contribution in [0.15, 0.2) is 24.3 Å². The average molecular weight is 991 g/mol. The number of nitrogens with zero attached hydrogens (tertiary/aromatic N) is 1. The highest BCUT2D eigenvalue weighted by Gasteiger charge is 2.42. The molecule has 2 saturated heterocycles. The van der Waals surface area contributed by atoms with Gasteiger partial charge in [-0.15, -0.1) is 0 Å². The fourth-order valence-corrected chi connectivity index (χ4v) is 11.9. The van der Waals surface area contributed by atoms with Crippen LogP contribution in [0.4, 0.5) is 0 Å². The van der Waals surface area contributed by atoms with Crippen molar-refractivity contribution in [3.05, 3.63) is 29.8 Å². The van der Waals surface area contributed by atoms with E-state index < -0.39 is 119 Å². The summed E-state index contributed by atoms with van der Waals surface area (Å²) >= 11 is 0. The third kappa shape index (κ3) is 16.0. The Labute approximate surface area is 405 Å². The van der Waals surface area contributed by atoms with Crippen LogP contribution in [0.1, 0.15) is 103 Å². The molecule has 9 amide bonds. The Morgan fingerprint density at radius 1 is 0.882 bits per heavy atom. The van der Waals surface area contributed by atoms with E-state index in [0.717, 1.165) is 19.3 Å². The van der Waals surface area contributed by atoms with E-state index in [1.807, 2.05) is 0 Å². The molecule has 9 atom stereocenters. The first-order valence-electron chi connectivity index (χ1n) is 23.3. The molecule has 23 heteroatoms. The van der Waals surface area contributed by atoms with E-state index in [-0.39, 0.29) is 44.5 Å². The van der Waals surface area contributed by atoms with Crippen LogP contribution in [-0.4, -0.2) is 142 Å². The van der Waals surface area contributed by atoms with Crippen LogP contribution in [0.5, 0.6) is 5.75 Å². The van der Waals surface area contributed by atoms with Gasteiger partial charge in [-0.25, -0.2) is 0 Å². The van der Waals surface area contributed by atoms with Gasteiger partial charge in [-0.1, -0.05) is 73.3 Å². The van der Waals surface area contributed by atoms with Gasteiger partial charge in [0.15, 0.2) is 0 Å². The molecule has 378 valence electrons. The van der Waals surface area contributed by atoms with Crippen LogP contribution in [-0.2, 0) is 49.6 Å². The molecule has 1 spiro atoms. The molecule has 4 rings (SSSR count). The summed E-state index contributed by atoms with van der Waals surface area (Å²) in [6.07, 6.45) is 3.11. The number of rotatable bonds is 15. The van der Waals surface area contributed by atoms with Crippen molar-refractivity contribution >= 4 is 74.8 Å². The SMILES string of the molecule is CC[C@H](C)[C@@H]1NC(=O)[C@H](Cc2ccc(OC)cc2)NC(=O)CC2(CCCCC2)SSC[C@@H](C(=O)N2CCC[C@H]2C(=O)N[C@H](CCCN)C(N)=O)NC(=O)[C@H](CC(N)=O)NC(=O)[C@H]([C@H](C)O)NC1=O. The molecule has 1 aromatic rings. The van der Waals surface area contributed by atoms with Gasteiger partial charge < -0.3 is 63.8 Å². The minimum absolute atomic E-state index is 0.0142. The lowest BCUT2D eigenvalue weighted by Gasteiger charge is -2.37. The van der Waals surface area contributed by atoms with Crippen molar-refractivity contribution in [2.24, 2.45) is 23.1 Å². The molecule has 68 heavy (non-hydrogen) atoms. The van der Waals surface area contributed by atoms with Gasteiger partial charge in [-0.3, -0.25) is 43.2 Å². The molecule has 2 heterocycles. The number of ether oxygens (including phenoxy) is 1. The van der Waals surface area contributed by atoms with Crippen LogP contribution in [0.3, 0.4) is 0 Å². The van der Waals surface area contributed by atoms with E-state index in [9.17, 15) is 48.3 Å². The third-order valence-corrected chi connectivity index (χ3v) is 16.0. The Balaban J connectivity index is 1.76. The zero-order chi connectivity index (χ0) is 50.1. The number of primary amides is 2. The summed E-state index contributed by atoms with van der Waals surface area (Å²) < 4.78 is 4.63. The Hall–Kier alpha value is -5.13. The molecule has 0 radical (unpaired) electrons. The molecule has 13 N–H and O–H groups in total. The van der Waals surface area contributed by atoms with Crippen LogP contribution < -0.4 is 53.8 Å². The maximum Gasteiger partial charge on any atom is 0.246 e. The number of methoxy groups -OCH3 is 1. The van der Waals surface area contributed by atoms with Crippen molar-refractivity contribution in [3.8, 4) is 5.75 Å². The fraction of sp³-hybridized carbons (Fsp3) is 0.667. The minimum atomic E-state index is -1.72. The van der Waals surface area contributed by atoms with Crippen LogP contribution in [0, 0.1) is 5.92 Å². The second kappa shape index (κ2) is 26.6. The standard InChI is InChI=1S/C45H70N10O11S2/c1-5-25(2)36-42(63)54-37(26(3)56)43(64)51-31(22-34(47)57)39(60)52-32(44(65)55-20-10-12-33(55)41(62)50-29(38(48)59)11-9-19-46)24-67-68-45(17-7-6-8-18-45)23-35(58)49-30(40(61)53-36)21-27-13-15-28(66-4)16-14-27/h13-16,25-26,29-33,36-37,56H,5-12,17-24,46H2,1-4H3,(H2,47,57)(H2,48,59)(H,49,58)(H,50,62)(H,51,64)(H,52,60)(H,53,61)(H,54,63)/t25-,26-,29+,30-,31-,32-,33-,36-,37-/m0/s1. The smallest absolute Gasteiger partial charge is 0.246 e. The Morgan fingerprint density at radius 3 is 2.13 bits per heavy atom. The van der Waals surface area contributed by atoms with Crippen molar-refractivity contribution in [1.29, 1.82) is 0 Å². The Morgan fingerprint density at radius 2 is 1.53 bits per heavy atom. The number of hydrogen-bond donors (Lipinski definition) is 10. The number of benzene rings is 1. The van der Waals surface area contributed by atoms with Crippen LogP contribution in [0.2, 0.25) is 0 Å². The maximum absolute atomic E-state index is 14.6. The molecule has 3 fully saturated rings. The first-order valence-corrected chi connectivity index (χ1v) is 25.6. The monoisotopic (exact) mass is 990 g/mol. The second-order valence-electron chi connectivity index (χ2n) is 17.9. The molecular formula is C45H70N10O11S2. The molecule has 0 aromatic heterocycles. The maximum atomic E-state index is 14.6. The number of hydrogen-bond acceptors (Lipinski definition) is 14. The van der Waals surface area contributed by atoms with Gasteiger partial charge in [-0.05, 0) is 75.6 Å². The number of nitrogens with two attached hydrogens (primary N) is 3. The zero-order valence-electron chi connectivity index (χ0n) is 39.3. The number of aliphatic hydroxyl groups excluding tert-OH is 1. The van der Waals surface area contributed by atoms with Gasteiger partial charge in [0.05, 0.1) is 19.6 Å². The van der Waals surface area contributed by atoms with Gasteiger partial charge in [0.1, 0.15) is 48.0 Å². The molecule has 1 aromatic carbocycles. The van der Waals surface area contributed by atoms with E-state index in [2.05, 4.69) is 31.9 Å². The minimum Gasteiger partial charge on any atom is -0.497 e. The van der Waals surface area contributed by atoms with E-state index >= 15 is 0 Å². The van der Waals surface area contributed by atoms with Gasteiger partial charge in [-0.2, -0.15) is 0 Å². The van der Waals surface area contributed by atoms with Gasteiger partial charge in [0.2, 0.25) is 53.2 Å². The Kier molecular flexibility index (Phi) is 21.7. The highest BCUT2D eigenvalue weighted by atomic mass is 33.1. The number of carbonyl (C=O) groups excluding carboxylic acids is 9. The molecule has 2 aliphatic heterocycles. The fourth-order valence-electron chi connectivity index (χ4n) is 8.56. The van der Waals surface area contributed by atoms with Crippen LogP contribution in [0.25, 0.3) is 0 Å². The number of likely N-dealkylation sites (tertiary alicyclic amines) is 1. The molecule has 1 saturated carbocycles. The number of amides is 9. The summed E-state index contributed by atoms with van der Waals surface area (Å²) in [5, 5.41) is 26.8. The lowest BCUT2D eigenvalue weighted by atomic mass is 9.85. The lowest BCUT2D eigenvalue weighted by molar-refractivity contribution is -0.142. The lowest BCUT2D eigenvalue weighted by Crippen LogP contribution is -2.63. The van der Waals surface area contributed by atoms with Crippen molar-refractivity contribution in [1.82, 2.24) is 36.8 Å². The normalized spacial score (nSPS) is 25.9. The first-order chi connectivity index (χ1) is 32.3. The number of nitrogens with one attached hydrogen (secondary N) is 6. The molecular weight excluding hydrogens is 921 g/mol. The quantitative estimate of drug-likeness (QED) is 0.0958. The van der Waals surface area contributed by atoms with Crippen molar-refractivity contribution < 1.29 is 53.0 Å². The van der Waals surface area contributed by atoms with Gasteiger partial charge in [0, 0.05) is 29.9 Å².